The van der Waals surface area contributed by atoms with Crippen LogP contribution in [0.3, 0.4) is 0 Å². The fraction of sp³-hybridized carbons (Fsp3) is 0.375. The first-order valence-corrected chi connectivity index (χ1v) is 6.92. The van der Waals surface area contributed by atoms with E-state index in [9.17, 15) is 9.59 Å². The van der Waals surface area contributed by atoms with Gasteiger partial charge in [-0.05, 0) is 39.0 Å². The topological polar surface area (TPSA) is 75.0 Å². The maximum atomic E-state index is 12.0. The lowest BCUT2D eigenvalue weighted by Crippen LogP contribution is -2.24. The zero-order chi connectivity index (χ0) is 16.3. The second-order valence-corrected chi connectivity index (χ2v) is 4.69. The zero-order valence-corrected chi connectivity index (χ0v) is 13.0. The SMILES string of the molecule is CCOC(=O)c1c(C)oc2ccc(O[C@H](C)C(=O)OC)cc12. The molecule has 0 N–H and O–H groups in total. The van der Waals surface area contributed by atoms with Crippen molar-refractivity contribution in [3.8, 4) is 5.75 Å². The Bertz CT molecular complexity index is 700. The predicted molar refractivity (Wildman–Crippen MR) is 79.0 cm³/mol. The Morgan fingerprint density at radius 2 is 2.05 bits per heavy atom. The number of rotatable bonds is 5. The Morgan fingerprint density at radius 1 is 1.32 bits per heavy atom. The third-order valence-corrected chi connectivity index (χ3v) is 3.16. The molecule has 2 aromatic rings. The molecule has 2 rings (SSSR count). The standard InChI is InChI=1S/C16H18O6/c1-5-20-16(18)14-9(2)22-13-7-6-11(8-12(13)14)21-10(3)15(17)19-4/h6-8,10H,5H2,1-4H3/t10-/m1/s1. The molecule has 0 bridgehead atoms. The normalized spacial score (nSPS) is 12.0. The average Bonchev–Trinajstić information content (AvgIpc) is 2.81. The van der Waals surface area contributed by atoms with Gasteiger partial charge in [0.05, 0.1) is 13.7 Å². The van der Waals surface area contributed by atoms with Crippen LogP contribution < -0.4 is 4.74 Å². The minimum atomic E-state index is -0.749. The number of hydrogen-bond donors (Lipinski definition) is 0. The maximum absolute atomic E-state index is 12.0. The van der Waals surface area contributed by atoms with Crippen molar-refractivity contribution < 1.29 is 28.2 Å². The van der Waals surface area contributed by atoms with Crippen LogP contribution in [0, 0.1) is 6.92 Å². The number of furan rings is 1. The molecular weight excluding hydrogens is 288 g/mol. The maximum Gasteiger partial charge on any atom is 0.346 e. The first-order chi connectivity index (χ1) is 10.5. The summed E-state index contributed by atoms with van der Waals surface area (Å²) >= 11 is 0. The van der Waals surface area contributed by atoms with E-state index in [2.05, 4.69) is 4.74 Å². The molecule has 0 saturated carbocycles. The second kappa shape index (κ2) is 6.51. The van der Waals surface area contributed by atoms with E-state index in [4.69, 9.17) is 13.9 Å². The molecule has 0 fully saturated rings. The number of aryl methyl sites for hydroxylation is 1. The van der Waals surface area contributed by atoms with Crippen molar-refractivity contribution in [2.24, 2.45) is 0 Å². The fourth-order valence-electron chi connectivity index (χ4n) is 2.15. The van der Waals surface area contributed by atoms with Crippen LogP contribution in [0.15, 0.2) is 22.6 Å². The highest BCUT2D eigenvalue weighted by molar-refractivity contribution is 6.04. The predicted octanol–water partition coefficient (Wildman–Crippen LogP) is 2.86. The molecule has 1 atom stereocenters. The number of fused-ring (bicyclic) bond motifs is 1. The van der Waals surface area contributed by atoms with Gasteiger partial charge in [0.1, 0.15) is 22.7 Å². The largest absolute Gasteiger partial charge is 0.479 e. The molecule has 0 aliphatic carbocycles. The summed E-state index contributed by atoms with van der Waals surface area (Å²) in [5.74, 6) is -0.00521. The molecule has 1 aromatic heterocycles. The zero-order valence-electron chi connectivity index (χ0n) is 13.0. The number of carbonyl (C=O) groups excluding carboxylic acids is 2. The molecular formula is C16H18O6. The van der Waals surface area contributed by atoms with Gasteiger partial charge in [-0.3, -0.25) is 0 Å². The minimum Gasteiger partial charge on any atom is -0.479 e. The first-order valence-electron chi connectivity index (χ1n) is 6.92. The average molecular weight is 306 g/mol. The van der Waals surface area contributed by atoms with Gasteiger partial charge in [0, 0.05) is 5.39 Å². The smallest absolute Gasteiger partial charge is 0.346 e. The Kier molecular flexibility index (Phi) is 4.70. The fourth-order valence-corrected chi connectivity index (χ4v) is 2.15. The lowest BCUT2D eigenvalue weighted by Gasteiger charge is -2.12. The van der Waals surface area contributed by atoms with Gasteiger partial charge in [0.25, 0.3) is 0 Å². The molecule has 0 amide bonds. The van der Waals surface area contributed by atoms with Gasteiger partial charge < -0.3 is 18.6 Å². The second-order valence-electron chi connectivity index (χ2n) is 4.69. The van der Waals surface area contributed by atoms with Crippen molar-refractivity contribution in [1.82, 2.24) is 0 Å². The number of ether oxygens (including phenoxy) is 3. The number of esters is 2. The summed E-state index contributed by atoms with van der Waals surface area (Å²) in [6.45, 7) is 5.30. The van der Waals surface area contributed by atoms with Gasteiger partial charge in [0.2, 0.25) is 0 Å². The highest BCUT2D eigenvalue weighted by Gasteiger charge is 2.21. The van der Waals surface area contributed by atoms with Gasteiger partial charge in [-0.1, -0.05) is 0 Å². The number of carbonyl (C=O) groups is 2. The monoisotopic (exact) mass is 306 g/mol. The Labute approximate surface area is 127 Å². The van der Waals surface area contributed by atoms with Gasteiger partial charge in [-0.15, -0.1) is 0 Å². The van der Waals surface area contributed by atoms with Crippen LogP contribution in [0.2, 0.25) is 0 Å². The van der Waals surface area contributed by atoms with Crippen LogP contribution in [0.5, 0.6) is 5.75 Å². The summed E-state index contributed by atoms with van der Waals surface area (Å²) in [7, 11) is 1.30. The van der Waals surface area contributed by atoms with E-state index in [1.54, 1.807) is 39.0 Å². The molecule has 0 spiro atoms. The summed E-state index contributed by atoms with van der Waals surface area (Å²) in [5, 5.41) is 0.588. The third kappa shape index (κ3) is 3.05. The summed E-state index contributed by atoms with van der Waals surface area (Å²) in [5.41, 5.74) is 0.923. The van der Waals surface area contributed by atoms with E-state index < -0.39 is 18.0 Å². The quantitative estimate of drug-likeness (QED) is 0.791. The molecule has 6 heteroatoms. The van der Waals surface area contributed by atoms with E-state index in [-0.39, 0.29) is 6.61 Å². The lowest BCUT2D eigenvalue weighted by atomic mass is 10.1. The molecule has 0 aliphatic heterocycles. The van der Waals surface area contributed by atoms with E-state index in [1.165, 1.54) is 7.11 Å². The summed E-state index contributed by atoms with van der Waals surface area (Å²) in [4.78, 5) is 23.4. The van der Waals surface area contributed by atoms with Crippen LogP contribution >= 0.6 is 0 Å². The van der Waals surface area contributed by atoms with E-state index in [0.717, 1.165) is 0 Å². The van der Waals surface area contributed by atoms with Crippen molar-refractivity contribution in [1.29, 1.82) is 0 Å². The number of hydrogen-bond acceptors (Lipinski definition) is 6. The molecule has 0 saturated heterocycles. The highest BCUT2D eigenvalue weighted by atomic mass is 16.6. The van der Waals surface area contributed by atoms with Crippen molar-refractivity contribution in [2.45, 2.75) is 26.9 Å². The van der Waals surface area contributed by atoms with Crippen molar-refractivity contribution in [2.75, 3.05) is 13.7 Å². The Hall–Kier alpha value is -2.50. The molecule has 1 heterocycles. The Morgan fingerprint density at radius 3 is 2.68 bits per heavy atom. The lowest BCUT2D eigenvalue weighted by molar-refractivity contribution is -0.147. The first kappa shape index (κ1) is 15.9. The van der Waals surface area contributed by atoms with E-state index >= 15 is 0 Å². The molecule has 0 unspecified atom stereocenters. The van der Waals surface area contributed by atoms with Crippen LogP contribution in [0.25, 0.3) is 11.0 Å². The van der Waals surface area contributed by atoms with E-state index in [1.807, 2.05) is 0 Å². The van der Waals surface area contributed by atoms with Crippen LogP contribution in [0.1, 0.15) is 30.0 Å². The molecule has 22 heavy (non-hydrogen) atoms. The molecule has 118 valence electrons. The van der Waals surface area contributed by atoms with Crippen molar-refractivity contribution >= 4 is 22.9 Å². The van der Waals surface area contributed by atoms with Crippen molar-refractivity contribution in [3.63, 3.8) is 0 Å². The summed E-state index contributed by atoms with van der Waals surface area (Å²) in [6, 6.07) is 5.00. The van der Waals surface area contributed by atoms with Crippen LogP contribution in [-0.2, 0) is 14.3 Å². The summed E-state index contributed by atoms with van der Waals surface area (Å²) < 4.78 is 20.7. The van der Waals surface area contributed by atoms with Gasteiger partial charge in [-0.2, -0.15) is 0 Å². The van der Waals surface area contributed by atoms with Crippen molar-refractivity contribution in [3.05, 3.63) is 29.5 Å². The number of methoxy groups -OCH3 is 1. The molecule has 0 radical (unpaired) electrons. The summed E-state index contributed by atoms with van der Waals surface area (Å²) in [6.07, 6.45) is -0.749. The number of benzene rings is 1. The third-order valence-electron chi connectivity index (χ3n) is 3.16. The van der Waals surface area contributed by atoms with Crippen LogP contribution in [0.4, 0.5) is 0 Å². The minimum absolute atomic E-state index is 0.278. The highest BCUT2D eigenvalue weighted by Crippen LogP contribution is 2.30. The van der Waals surface area contributed by atoms with Crippen LogP contribution in [-0.4, -0.2) is 31.8 Å². The molecule has 6 nitrogen and oxygen atoms in total. The Balaban J connectivity index is 2.38. The molecule has 0 aliphatic rings. The molecule has 1 aromatic carbocycles. The van der Waals surface area contributed by atoms with Gasteiger partial charge in [0.15, 0.2) is 6.10 Å². The van der Waals surface area contributed by atoms with Gasteiger partial charge >= 0.3 is 11.9 Å². The van der Waals surface area contributed by atoms with Gasteiger partial charge in [-0.25, -0.2) is 9.59 Å². The van der Waals surface area contributed by atoms with E-state index in [0.29, 0.717) is 28.0 Å².